The fourth-order valence-corrected chi connectivity index (χ4v) is 2.44. The Morgan fingerprint density at radius 3 is 3.12 bits per heavy atom. The minimum atomic E-state index is 0.102. The van der Waals surface area contributed by atoms with Crippen LogP contribution in [-0.4, -0.2) is 14.9 Å². The lowest BCUT2D eigenvalue weighted by atomic mass is 9.94. The summed E-state index contributed by atoms with van der Waals surface area (Å²) in [5, 5.41) is 13.9. The van der Waals surface area contributed by atoms with Gasteiger partial charge in [0.05, 0.1) is 11.9 Å². The number of phenolic OH excluding ortho intramolecular Hbond substituents is 1. The molecule has 88 valence electrons. The highest BCUT2D eigenvalue weighted by atomic mass is 16.3. The summed E-state index contributed by atoms with van der Waals surface area (Å²) in [6.45, 7) is 0. The highest BCUT2D eigenvalue weighted by molar-refractivity contribution is 5.41. The third kappa shape index (κ3) is 1.70. The van der Waals surface area contributed by atoms with Crippen LogP contribution < -0.4 is 5.73 Å². The van der Waals surface area contributed by atoms with E-state index in [1.165, 1.54) is 5.69 Å². The van der Waals surface area contributed by atoms with Gasteiger partial charge in [-0.1, -0.05) is 6.07 Å². The molecule has 3 N–H and O–H groups in total. The Morgan fingerprint density at radius 2 is 2.29 bits per heavy atom. The molecule has 2 aromatic rings. The molecule has 1 aromatic heterocycles. The Kier molecular flexibility index (Phi) is 2.37. The third-order valence-corrected chi connectivity index (χ3v) is 3.30. The molecule has 1 aromatic carbocycles. The van der Waals surface area contributed by atoms with Crippen LogP contribution in [0, 0.1) is 0 Å². The van der Waals surface area contributed by atoms with Gasteiger partial charge in [-0.25, -0.2) is 4.68 Å². The average molecular weight is 229 g/mol. The maximum Gasteiger partial charge on any atom is 0.117 e. The molecule has 1 aliphatic rings. The number of nitrogens with two attached hydrogens (primary N) is 1. The van der Waals surface area contributed by atoms with Gasteiger partial charge in [0.25, 0.3) is 0 Å². The van der Waals surface area contributed by atoms with E-state index in [4.69, 9.17) is 5.73 Å². The van der Waals surface area contributed by atoms with Gasteiger partial charge in [-0.05, 0) is 31.4 Å². The number of hydrogen-bond donors (Lipinski definition) is 2. The van der Waals surface area contributed by atoms with Gasteiger partial charge >= 0.3 is 0 Å². The van der Waals surface area contributed by atoms with E-state index in [1.54, 1.807) is 12.1 Å². The average Bonchev–Trinajstić information content (AvgIpc) is 2.74. The lowest BCUT2D eigenvalue weighted by molar-refractivity contribution is 0.474. The van der Waals surface area contributed by atoms with Crippen molar-refractivity contribution in [2.45, 2.75) is 25.3 Å². The van der Waals surface area contributed by atoms with E-state index < -0.39 is 0 Å². The van der Waals surface area contributed by atoms with Crippen molar-refractivity contribution in [3.63, 3.8) is 0 Å². The summed E-state index contributed by atoms with van der Waals surface area (Å²) in [6, 6.07) is 7.23. The summed E-state index contributed by atoms with van der Waals surface area (Å²) in [5.41, 5.74) is 9.27. The van der Waals surface area contributed by atoms with Crippen molar-refractivity contribution < 1.29 is 5.11 Å². The van der Waals surface area contributed by atoms with Crippen LogP contribution in [0.2, 0.25) is 0 Å². The Labute approximate surface area is 99.7 Å². The van der Waals surface area contributed by atoms with E-state index in [0.29, 0.717) is 0 Å². The van der Waals surface area contributed by atoms with Crippen LogP contribution in [0.15, 0.2) is 30.5 Å². The summed E-state index contributed by atoms with van der Waals surface area (Å²) in [4.78, 5) is 0. The molecular formula is C13H15N3O. The van der Waals surface area contributed by atoms with Crippen LogP contribution in [0.5, 0.6) is 5.75 Å². The van der Waals surface area contributed by atoms with E-state index in [2.05, 4.69) is 5.10 Å². The minimum Gasteiger partial charge on any atom is -0.508 e. The van der Waals surface area contributed by atoms with Crippen molar-refractivity contribution >= 4 is 0 Å². The predicted molar refractivity (Wildman–Crippen MR) is 65.1 cm³/mol. The molecule has 1 unspecified atom stereocenters. The number of phenols is 1. The summed E-state index contributed by atoms with van der Waals surface area (Å²) in [5.74, 6) is 0.256. The number of fused-ring (bicyclic) bond motifs is 1. The highest BCUT2D eigenvalue weighted by Gasteiger charge is 2.21. The van der Waals surface area contributed by atoms with Crippen molar-refractivity contribution in [1.29, 1.82) is 0 Å². The largest absolute Gasteiger partial charge is 0.508 e. The normalized spacial score (nSPS) is 19.0. The molecule has 4 nitrogen and oxygen atoms in total. The SMILES string of the molecule is NC1CCCc2c1cnn2-c1cccc(O)c1. The maximum atomic E-state index is 9.50. The van der Waals surface area contributed by atoms with Gasteiger partial charge in [-0.2, -0.15) is 5.10 Å². The Balaban J connectivity index is 2.10. The molecule has 0 fully saturated rings. The topological polar surface area (TPSA) is 64.1 Å². The number of nitrogens with zero attached hydrogens (tertiary/aromatic N) is 2. The Morgan fingerprint density at radius 1 is 1.41 bits per heavy atom. The van der Waals surface area contributed by atoms with Crippen molar-refractivity contribution in [2.24, 2.45) is 5.73 Å². The molecule has 0 saturated carbocycles. The van der Waals surface area contributed by atoms with E-state index >= 15 is 0 Å². The fraction of sp³-hybridized carbons (Fsp3) is 0.308. The van der Waals surface area contributed by atoms with Gasteiger partial charge in [-0.15, -0.1) is 0 Å². The monoisotopic (exact) mass is 229 g/mol. The van der Waals surface area contributed by atoms with E-state index in [0.717, 1.165) is 30.5 Å². The fourth-order valence-electron chi connectivity index (χ4n) is 2.44. The van der Waals surface area contributed by atoms with E-state index in [1.807, 2.05) is 23.0 Å². The second-order valence-electron chi connectivity index (χ2n) is 4.48. The quantitative estimate of drug-likeness (QED) is 0.785. The molecule has 0 bridgehead atoms. The predicted octanol–water partition coefficient (Wildman–Crippen LogP) is 1.91. The Hall–Kier alpha value is -1.81. The van der Waals surface area contributed by atoms with E-state index in [9.17, 15) is 5.11 Å². The second-order valence-corrected chi connectivity index (χ2v) is 4.48. The molecule has 1 heterocycles. The summed E-state index contributed by atoms with van der Waals surface area (Å²) in [6.07, 6.45) is 4.97. The van der Waals surface area contributed by atoms with Crippen LogP contribution in [0.25, 0.3) is 5.69 Å². The van der Waals surface area contributed by atoms with Gasteiger partial charge < -0.3 is 10.8 Å². The zero-order chi connectivity index (χ0) is 11.8. The smallest absolute Gasteiger partial charge is 0.117 e. The lowest BCUT2D eigenvalue weighted by Gasteiger charge is -2.19. The van der Waals surface area contributed by atoms with Crippen LogP contribution in [-0.2, 0) is 6.42 Å². The van der Waals surface area contributed by atoms with Crippen LogP contribution in [0.1, 0.15) is 30.1 Å². The maximum absolute atomic E-state index is 9.50. The number of hydrogen-bond acceptors (Lipinski definition) is 3. The van der Waals surface area contributed by atoms with Gasteiger partial charge in [0.1, 0.15) is 5.75 Å². The molecule has 0 amide bonds. The summed E-state index contributed by atoms with van der Waals surface area (Å²) < 4.78 is 1.88. The first-order valence-electron chi connectivity index (χ1n) is 5.87. The summed E-state index contributed by atoms with van der Waals surface area (Å²) >= 11 is 0. The molecule has 0 radical (unpaired) electrons. The van der Waals surface area contributed by atoms with Crippen molar-refractivity contribution in [2.75, 3.05) is 0 Å². The molecule has 1 aliphatic carbocycles. The van der Waals surface area contributed by atoms with Crippen LogP contribution >= 0.6 is 0 Å². The van der Waals surface area contributed by atoms with Gasteiger partial charge in [-0.3, -0.25) is 0 Å². The highest BCUT2D eigenvalue weighted by Crippen LogP contribution is 2.29. The second kappa shape index (κ2) is 3.89. The first kappa shape index (κ1) is 10.4. The molecule has 3 rings (SSSR count). The molecule has 0 spiro atoms. The summed E-state index contributed by atoms with van der Waals surface area (Å²) in [7, 11) is 0. The van der Waals surface area contributed by atoms with Gasteiger partial charge in [0, 0.05) is 23.4 Å². The van der Waals surface area contributed by atoms with Crippen LogP contribution in [0.3, 0.4) is 0 Å². The molecule has 1 atom stereocenters. The first-order valence-corrected chi connectivity index (χ1v) is 5.87. The van der Waals surface area contributed by atoms with Crippen LogP contribution in [0.4, 0.5) is 0 Å². The number of aromatic hydroxyl groups is 1. The number of rotatable bonds is 1. The van der Waals surface area contributed by atoms with E-state index in [-0.39, 0.29) is 11.8 Å². The molecule has 0 saturated heterocycles. The molecule has 4 heteroatoms. The zero-order valence-electron chi connectivity index (χ0n) is 9.50. The number of benzene rings is 1. The zero-order valence-corrected chi connectivity index (χ0v) is 9.50. The van der Waals surface area contributed by atoms with Crippen molar-refractivity contribution in [3.8, 4) is 11.4 Å². The third-order valence-electron chi connectivity index (χ3n) is 3.30. The number of aromatic nitrogens is 2. The minimum absolute atomic E-state index is 0.102. The molecule has 0 aliphatic heterocycles. The molecular weight excluding hydrogens is 214 g/mol. The standard InChI is InChI=1S/C13H15N3O/c14-12-5-2-6-13-11(12)8-15-16(13)9-3-1-4-10(17)7-9/h1,3-4,7-8,12,17H,2,5-6,14H2. The van der Waals surface area contributed by atoms with Gasteiger partial charge in [0.15, 0.2) is 0 Å². The van der Waals surface area contributed by atoms with Gasteiger partial charge in [0.2, 0.25) is 0 Å². The molecule has 17 heavy (non-hydrogen) atoms. The Bertz CT molecular complexity index is 547. The lowest BCUT2D eigenvalue weighted by Crippen LogP contribution is -2.17. The first-order chi connectivity index (χ1) is 8.25. The van der Waals surface area contributed by atoms with Crippen molar-refractivity contribution in [1.82, 2.24) is 9.78 Å². The van der Waals surface area contributed by atoms with Crippen molar-refractivity contribution in [3.05, 3.63) is 41.7 Å².